The molecule has 0 atom stereocenters. The number of carbonyl (C=O) groups is 1. The van der Waals surface area contributed by atoms with Crippen molar-refractivity contribution in [2.45, 2.75) is 6.54 Å². The zero-order chi connectivity index (χ0) is 17.8. The van der Waals surface area contributed by atoms with Gasteiger partial charge >= 0.3 is 6.16 Å². The Kier molecular flexibility index (Phi) is 5.09. The molecule has 0 saturated heterocycles. The van der Waals surface area contributed by atoms with Gasteiger partial charge in [0.25, 0.3) is 0 Å². The SMILES string of the molecule is O=C(O)Oc1cccc2c1ccn2Cc1cc(Cl)ccc1OCCF. The highest BCUT2D eigenvalue weighted by atomic mass is 35.5. The van der Waals surface area contributed by atoms with E-state index in [1.165, 1.54) is 0 Å². The maximum Gasteiger partial charge on any atom is 0.511 e. The van der Waals surface area contributed by atoms with E-state index in [4.69, 9.17) is 26.2 Å². The Bertz CT molecular complexity index is 909. The summed E-state index contributed by atoms with van der Waals surface area (Å²) < 4.78 is 24.6. The van der Waals surface area contributed by atoms with Crippen molar-refractivity contribution in [3.63, 3.8) is 0 Å². The van der Waals surface area contributed by atoms with E-state index in [1.54, 1.807) is 36.4 Å². The van der Waals surface area contributed by atoms with Gasteiger partial charge in [0.05, 0.1) is 12.1 Å². The number of nitrogens with zero attached hydrogens (tertiary/aromatic N) is 1. The topological polar surface area (TPSA) is 60.7 Å². The minimum Gasteiger partial charge on any atom is -0.491 e. The van der Waals surface area contributed by atoms with Crippen LogP contribution in [-0.2, 0) is 6.54 Å². The van der Waals surface area contributed by atoms with Crippen molar-refractivity contribution in [1.29, 1.82) is 0 Å². The van der Waals surface area contributed by atoms with E-state index in [1.807, 2.05) is 16.8 Å². The fourth-order valence-electron chi connectivity index (χ4n) is 2.66. The Labute approximate surface area is 148 Å². The fraction of sp³-hybridized carbons (Fsp3) is 0.167. The molecule has 5 nitrogen and oxygen atoms in total. The zero-order valence-corrected chi connectivity index (χ0v) is 13.9. The summed E-state index contributed by atoms with van der Waals surface area (Å²) in [6, 6.07) is 12.1. The number of hydrogen-bond donors (Lipinski definition) is 1. The molecule has 0 amide bonds. The third kappa shape index (κ3) is 3.85. The highest BCUT2D eigenvalue weighted by Crippen LogP contribution is 2.29. The van der Waals surface area contributed by atoms with E-state index in [-0.39, 0.29) is 12.4 Å². The molecule has 0 aliphatic carbocycles. The van der Waals surface area contributed by atoms with E-state index in [9.17, 15) is 9.18 Å². The van der Waals surface area contributed by atoms with Crippen molar-refractivity contribution in [2.75, 3.05) is 13.3 Å². The molecule has 0 aliphatic rings. The van der Waals surface area contributed by atoms with Gasteiger partial charge in [0, 0.05) is 22.2 Å². The Balaban J connectivity index is 1.96. The van der Waals surface area contributed by atoms with Crippen LogP contribution in [0.1, 0.15) is 5.56 Å². The molecular formula is C18H15ClFNO4. The molecule has 1 N–H and O–H groups in total. The van der Waals surface area contributed by atoms with Crippen LogP contribution in [0.2, 0.25) is 5.02 Å². The highest BCUT2D eigenvalue weighted by molar-refractivity contribution is 6.30. The number of fused-ring (bicyclic) bond motifs is 1. The van der Waals surface area contributed by atoms with Gasteiger partial charge in [-0.05, 0) is 36.4 Å². The summed E-state index contributed by atoms with van der Waals surface area (Å²) in [4.78, 5) is 10.8. The summed E-state index contributed by atoms with van der Waals surface area (Å²) in [6.07, 6.45) is 0.455. The number of hydrogen-bond acceptors (Lipinski definition) is 3. The lowest BCUT2D eigenvalue weighted by Crippen LogP contribution is -2.05. The summed E-state index contributed by atoms with van der Waals surface area (Å²) >= 11 is 6.07. The number of halogens is 2. The second-order valence-corrected chi connectivity index (χ2v) is 5.73. The molecule has 2 aromatic carbocycles. The lowest BCUT2D eigenvalue weighted by atomic mass is 10.2. The summed E-state index contributed by atoms with van der Waals surface area (Å²) in [6.45, 7) is -0.176. The predicted octanol–water partition coefficient (Wildman–Crippen LogP) is 4.75. The van der Waals surface area contributed by atoms with Crippen LogP contribution in [0.15, 0.2) is 48.7 Å². The minimum absolute atomic E-state index is 0.0301. The first-order valence-corrected chi connectivity index (χ1v) is 7.92. The van der Waals surface area contributed by atoms with Gasteiger partial charge in [0.15, 0.2) is 0 Å². The van der Waals surface area contributed by atoms with Gasteiger partial charge < -0.3 is 19.1 Å². The molecule has 0 unspecified atom stereocenters. The Morgan fingerprint density at radius 3 is 2.80 bits per heavy atom. The van der Waals surface area contributed by atoms with Crippen LogP contribution in [0.25, 0.3) is 10.9 Å². The lowest BCUT2D eigenvalue weighted by molar-refractivity contribution is 0.145. The van der Waals surface area contributed by atoms with Crippen molar-refractivity contribution in [3.05, 3.63) is 59.2 Å². The van der Waals surface area contributed by atoms with Gasteiger partial charge in [-0.2, -0.15) is 0 Å². The van der Waals surface area contributed by atoms with Crippen molar-refractivity contribution in [2.24, 2.45) is 0 Å². The molecule has 130 valence electrons. The average molecular weight is 364 g/mol. The van der Waals surface area contributed by atoms with Crippen LogP contribution in [0.5, 0.6) is 11.5 Å². The lowest BCUT2D eigenvalue weighted by Gasteiger charge is -2.13. The molecule has 1 heterocycles. The number of carboxylic acid groups (broad SMARTS) is 1. The largest absolute Gasteiger partial charge is 0.511 e. The number of benzene rings is 2. The molecule has 0 bridgehead atoms. The number of alkyl halides is 1. The highest BCUT2D eigenvalue weighted by Gasteiger charge is 2.12. The molecule has 1 aromatic heterocycles. The minimum atomic E-state index is -1.36. The van der Waals surface area contributed by atoms with Gasteiger partial charge in [0.2, 0.25) is 0 Å². The average Bonchev–Trinajstić information content (AvgIpc) is 2.98. The van der Waals surface area contributed by atoms with Crippen LogP contribution in [0, 0.1) is 0 Å². The third-order valence-corrected chi connectivity index (χ3v) is 3.90. The van der Waals surface area contributed by atoms with Crippen LogP contribution in [0.4, 0.5) is 9.18 Å². The summed E-state index contributed by atoms with van der Waals surface area (Å²) in [5.41, 5.74) is 1.60. The molecular weight excluding hydrogens is 349 g/mol. The molecule has 7 heteroatoms. The third-order valence-electron chi connectivity index (χ3n) is 3.67. The molecule has 0 saturated carbocycles. The number of aromatic nitrogens is 1. The maximum absolute atomic E-state index is 12.4. The molecule has 3 rings (SSSR count). The molecule has 0 aliphatic heterocycles. The number of rotatable bonds is 6. The molecule has 25 heavy (non-hydrogen) atoms. The van der Waals surface area contributed by atoms with Gasteiger partial charge in [-0.1, -0.05) is 17.7 Å². The summed E-state index contributed by atoms with van der Waals surface area (Å²) in [5, 5.41) is 10.1. The van der Waals surface area contributed by atoms with E-state index in [0.717, 1.165) is 11.1 Å². The van der Waals surface area contributed by atoms with E-state index in [2.05, 4.69) is 0 Å². The van der Waals surface area contributed by atoms with Crippen LogP contribution in [-0.4, -0.2) is 29.1 Å². The van der Waals surface area contributed by atoms with E-state index in [0.29, 0.717) is 22.7 Å². The van der Waals surface area contributed by atoms with Gasteiger partial charge in [-0.3, -0.25) is 0 Å². The second kappa shape index (κ2) is 7.44. The molecule has 0 fully saturated rings. The fourth-order valence-corrected chi connectivity index (χ4v) is 2.86. The Morgan fingerprint density at radius 2 is 2.04 bits per heavy atom. The standard InChI is InChI=1S/C18H15ClFNO4/c19-13-4-5-16(24-9-7-20)12(10-13)11-21-8-6-14-15(21)2-1-3-17(14)25-18(22)23/h1-6,8,10H,7,9,11H2,(H,22,23). The van der Waals surface area contributed by atoms with Crippen LogP contribution in [0.3, 0.4) is 0 Å². The second-order valence-electron chi connectivity index (χ2n) is 5.29. The Morgan fingerprint density at radius 1 is 1.20 bits per heavy atom. The number of ether oxygens (including phenoxy) is 2. The first-order valence-electron chi connectivity index (χ1n) is 7.54. The summed E-state index contributed by atoms with van der Waals surface area (Å²) in [5.74, 6) is 0.825. The quantitative estimate of drug-likeness (QED) is 0.507. The van der Waals surface area contributed by atoms with Crippen LogP contribution >= 0.6 is 11.6 Å². The predicted molar refractivity (Wildman–Crippen MR) is 92.6 cm³/mol. The van der Waals surface area contributed by atoms with Gasteiger partial charge in [0.1, 0.15) is 24.8 Å². The van der Waals surface area contributed by atoms with Crippen molar-refractivity contribution < 1.29 is 23.8 Å². The van der Waals surface area contributed by atoms with Gasteiger partial charge in [-0.15, -0.1) is 0 Å². The normalized spacial score (nSPS) is 10.8. The van der Waals surface area contributed by atoms with E-state index >= 15 is 0 Å². The Hall–Kier alpha value is -2.73. The summed E-state index contributed by atoms with van der Waals surface area (Å²) in [7, 11) is 0. The zero-order valence-electron chi connectivity index (χ0n) is 13.1. The van der Waals surface area contributed by atoms with Crippen molar-refractivity contribution >= 4 is 28.7 Å². The van der Waals surface area contributed by atoms with Crippen LogP contribution < -0.4 is 9.47 Å². The van der Waals surface area contributed by atoms with Crippen molar-refractivity contribution in [3.8, 4) is 11.5 Å². The molecule has 0 radical (unpaired) electrons. The smallest absolute Gasteiger partial charge is 0.491 e. The van der Waals surface area contributed by atoms with E-state index < -0.39 is 12.8 Å². The molecule has 3 aromatic rings. The van der Waals surface area contributed by atoms with Gasteiger partial charge in [-0.25, -0.2) is 9.18 Å². The maximum atomic E-state index is 12.4. The first-order chi connectivity index (χ1) is 12.1. The monoisotopic (exact) mass is 363 g/mol. The molecule has 0 spiro atoms. The first kappa shape index (κ1) is 17.1. The van der Waals surface area contributed by atoms with Crippen molar-refractivity contribution in [1.82, 2.24) is 4.57 Å².